The zero-order chi connectivity index (χ0) is 43.7. The minimum absolute atomic E-state index is 0.0179. The number of amides is 3. The first kappa shape index (κ1) is 44.1. The minimum atomic E-state index is -4.08. The van der Waals surface area contributed by atoms with Crippen LogP contribution in [-0.2, 0) is 25.1 Å². The standard InChI is InChI=1S/C45H57N6O8PS/c1-8-29-23-45(29,60(55,56)25-28-14-10-9-11-15-28)50-40(52)37-21-32(24-51(37)41(53)39(44(4,5)6)49-43(54)59-30-16-12-13-17-30)58-38-22-35(36-26-61-42(48-36)46-27(2)3)47-34-20-31(57-7)18-19-33(34)38/h8-11,14-15,18-20,22,26-27,29-30,32,37,39H,1,12-13,16-17,21,23-25H2,2-7H3,(H,46,48)(H,49,54)(H,50,52)(H,55,56)/t29-,32-,37+,39-,45+/m1/s1. The molecule has 0 spiro atoms. The number of thiazole rings is 1. The van der Waals surface area contributed by atoms with Gasteiger partial charge in [-0.1, -0.05) is 57.2 Å². The van der Waals surface area contributed by atoms with E-state index in [4.69, 9.17) is 24.2 Å². The lowest BCUT2D eigenvalue weighted by Gasteiger charge is -2.36. The van der Waals surface area contributed by atoms with Crippen LogP contribution in [0.15, 0.2) is 72.6 Å². The van der Waals surface area contributed by atoms with E-state index in [-0.39, 0.29) is 37.7 Å². The van der Waals surface area contributed by atoms with Gasteiger partial charge in [-0.05, 0) is 69.1 Å². The van der Waals surface area contributed by atoms with E-state index in [9.17, 15) is 23.8 Å². The molecule has 326 valence electrons. The number of carbonyl (C=O) groups is 3. The maximum Gasteiger partial charge on any atom is 0.408 e. The number of ether oxygens (including phenoxy) is 3. The predicted molar refractivity (Wildman–Crippen MR) is 237 cm³/mol. The smallest absolute Gasteiger partial charge is 0.408 e. The van der Waals surface area contributed by atoms with E-state index in [1.165, 1.54) is 16.2 Å². The Morgan fingerprint density at radius 3 is 2.46 bits per heavy atom. The Balaban J connectivity index is 1.22. The summed E-state index contributed by atoms with van der Waals surface area (Å²) in [6, 6.07) is 14.2. The number of methoxy groups -OCH3 is 1. The number of anilines is 1. The Labute approximate surface area is 361 Å². The van der Waals surface area contributed by atoms with Crippen LogP contribution in [0.25, 0.3) is 22.3 Å². The molecule has 3 aliphatic rings. The highest BCUT2D eigenvalue weighted by Crippen LogP contribution is 2.70. The van der Waals surface area contributed by atoms with Crippen molar-refractivity contribution in [2.24, 2.45) is 11.3 Å². The molecule has 6 atom stereocenters. The van der Waals surface area contributed by atoms with Crippen LogP contribution >= 0.6 is 18.7 Å². The lowest BCUT2D eigenvalue weighted by atomic mass is 9.85. The molecule has 14 nitrogen and oxygen atoms in total. The molecular formula is C45H57N6O8PS. The molecule has 1 aliphatic heterocycles. The maximum atomic E-state index is 14.9. The van der Waals surface area contributed by atoms with Crippen molar-refractivity contribution in [2.75, 3.05) is 19.0 Å². The summed E-state index contributed by atoms with van der Waals surface area (Å²) in [7, 11) is -2.50. The van der Waals surface area contributed by atoms with Gasteiger partial charge >= 0.3 is 6.09 Å². The number of nitrogens with zero attached hydrogens (tertiary/aromatic N) is 3. The van der Waals surface area contributed by atoms with Gasteiger partial charge in [0.25, 0.3) is 0 Å². The molecule has 4 aromatic rings. The van der Waals surface area contributed by atoms with Crippen LogP contribution in [0.1, 0.15) is 78.7 Å². The zero-order valence-corrected chi connectivity index (χ0v) is 37.4. The molecule has 16 heteroatoms. The molecule has 4 N–H and O–H groups in total. The molecule has 61 heavy (non-hydrogen) atoms. The third-order valence-corrected chi connectivity index (χ3v) is 15.2. The molecule has 0 radical (unpaired) electrons. The van der Waals surface area contributed by atoms with Crippen LogP contribution in [-0.4, -0.2) is 86.9 Å². The number of aromatic nitrogens is 2. The van der Waals surface area contributed by atoms with Crippen molar-refractivity contribution < 1.29 is 38.1 Å². The number of likely N-dealkylation sites (tertiary alicyclic amines) is 1. The van der Waals surface area contributed by atoms with Crippen molar-refractivity contribution in [3.63, 3.8) is 0 Å². The van der Waals surface area contributed by atoms with Gasteiger partial charge in [0.15, 0.2) is 5.13 Å². The summed E-state index contributed by atoms with van der Waals surface area (Å²) in [4.78, 5) is 65.7. The van der Waals surface area contributed by atoms with E-state index >= 15 is 0 Å². The number of hydrogen-bond acceptors (Lipinski definition) is 11. The number of carbonyl (C=O) groups excluding carboxylic acids is 3. The van der Waals surface area contributed by atoms with Gasteiger partial charge in [0.2, 0.25) is 19.2 Å². The molecule has 3 heterocycles. The van der Waals surface area contributed by atoms with E-state index < -0.39 is 60.1 Å². The average molecular weight is 873 g/mol. The Bertz CT molecular complexity index is 2310. The molecule has 3 fully saturated rings. The minimum Gasteiger partial charge on any atom is -0.497 e. The maximum absolute atomic E-state index is 14.9. The van der Waals surface area contributed by atoms with Gasteiger partial charge in [-0.3, -0.25) is 14.2 Å². The van der Waals surface area contributed by atoms with E-state index in [1.54, 1.807) is 43.5 Å². The van der Waals surface area contributed by atoms with E-state index in [2.05, 4.69) is 22.5 Å². The molecule has 1 unspecified atom stereocenters. The van der Waals surface area contributed by atoms with Crippen LogP contribution in [0, 0.1) is 11.3 Å². The van der Waals surface area contributed by atoms with E-state index in [0.29, 0.717) is 39.4 Å². The van der Waals surface area contributed by atoms with Crippen molar-refractivity contribution in [3.05, 3.63) is 78.2 Å². The SMILES string of the molecule is C=C[C@@H]1C[C@]1(NC(=O)[C@@H]1C[C@@H](Oc2cc(-c3csc(NC(C)C)n3)nc3cc(OC)ccc23)CN1C(=O)[C@@H](NC(=O)OC1CCCC1)C(C)(C)C)P(=O)(O)Cc1ccccc1. The third-order valence-electron chi connectivity index (χ3n) is 11.7. The predicted octanol–water partition coefficient (Wildman–Crippen LogP) is 8.11. The number of alkyl carbamates (subject to hydrolysis) is 1. The highest BCUT2D eigenvalue weighted by atomic mass is 32.1. The Kier molecular flexibility index (Phi) is 12.9. The van der Waals surface area contributed by atoms with Gasteiger partial charge in [0.1, 0.15) is 46.8 Å². The number of benzene rings is 2. The lowest BCUT2D eigenvalue weighted by molar-refractivity contribution is -0.142. The van der Waals surface area contributed by atoms with E-state index in [0.717, 1.165) is 30.8 Å². The van der Waals surface area contributed by atoms with Crippen LogP contribution < -0.4 is 25.4 Å². The molecule has 2 aromatic heterocycles. The number of nitrogens with one attached hydrogen (secondary N) is 3. The number of hydrogen-bond donors (Lipinski definition) is 4. The monoisotopic (exact) mass is 872 g/mol. The van der Waals surface area contributed by atoms with Gasteiger partial charge in [-0.25, -0.2) is 14.8 Å². The molecular weight excluding hydrogens is 816 g/mol. The summed E-state index contributed by atoms with van der Waals surface area (Å²) < 4.78 is 32.3. The van der Waals surface area contributed by atoms with Crippen molar-refractivity contribution in [1.82, 2.24) is 25.5 Å². The normalized spacial score (nSPS) is 23.0. The fraction of sp³-hybridized carbons (Fsp3) is 0.489. The fourth-order valence-electron chi connectivity index (χ4n) is 8.37. The number of pyridine rings is 1. The summed E-state index contributed by atoms with van der Waals surface area (Å²) in [6.07, 6.45) is 3.56. The van der Waals surface area contributed by atoms with Crippen molar-refractivity contribution in [3.8, 4) is 22.9 Å². The van der Waals surface area contributed by atoms with E-state index in [1.807, 2.05) is 64.3 Å². The van der Waals surface area contributed by atoms with Gasteiger partial charge < -0.3 is 40.0 Å². The van der Waals surface area contributed by atoms with Gasteiger partial charge in [0.05, 0.1) is 31.0 Å². The highest BCUT2D eigenvalue weighted by Gasteiger charge is 2.65. The second kappa shape index (κ2) is 17.8. The molecule has 7 rings (SSSR count). The average Bonchev–Trinajstić information content (AvgIpc) is 3.61. The first-order chi connectivity index (χ1) is 29.0. The Hall–Kier alpha value is -4.98. The highest BCUT2D eigenvalue weighted by molar-refractivity contribution is 7.59. The summed E-state index contributed by atoms with van der Waals surface area (Å²) in [5.41, 5.74) is 1.67. The third kappa shape index (κ3) is 9.74. The molecule has 2 aromatic carbocycles. The molecule has 3 amide bonds. The quantitative estimate of drug-likeness (QED) is 0.0669. The summed E-state index contributed by atoms with van der Waals surface area (Å²) >= 11 is 1.46. The molecule has 2 aliphatic carbocycles. The van der Waals surface area contributed by atoms with Gasteiger partial charge in [0, 0.05) is 41.3 Å². The van der Waals surface area contributed by atoms with Gasteiger partial charge in [-0.2, -0.15) is 0 Å². The topological polar surface area (TPSA) is 181 Å². The van der Waals surface area contributed by atoms with Crippen LogP contribution in [0.2, 0.25) is 0 Å². The molecule has 2 saturated carbocycles. The number of rotatable bonds is 15. The summed E-state index contributed by atoms with van der Waals surface area (Å²) in [5, 5.41) is 11.0. The van der Waals surface area contributed by atoms with Crippen LogP contribution in [0.3, 0.4) is 0 Å². The van der Waals surface area contributed by atoms with Gasteiger partial charge in [-0.15, -0.1) is 17.9 Å². The Morgan fingerprint density at radius 1 is 1.07 bits per heavy atom. The number of fused-ring (bicyclic) bond motifs is 1. The fourth-order valence-corrected chi connectivity index (χ4v) is 11.6. The summed E-state index contributed by atoms with van der Waals surface area (Å²) in [6.45, 7) is 13.5. The van der Waals surface area contributed by atoms with Crippen LogP contribution in [0.5, 0.6) is 11.5 Å². The first-order valence-electron chi connectivity index (χ1n) is 21.0. The zero-order valence-electron chi connectivity index (χ0n) is 35.7. The Morgan fingerprint density at radius 2 is 1.80 bits per heavy atom. The lowest BCUT2D eigenvalue weighted by Crippen LogP contribution is -2.58. The van der Waals surface area contributed by atoms with Crippen molar-refractivity contribution in [1.29, 1.82) is 0 Å². The van der Waals surface area contributed by atoms with Crippen molar-refractivity contribution >= 4 is 52.6 Å². The molecule has 1 saturated heterocycles. The van der Waals surface area contributed by atoms with Crippen LogP contribution in [0.4, 0.5) is 9.93 Å². The second-order valence-electron chi connectivity index (χ2n) is 17.8. The molecule has 0 bridgehead atoms. The second-order valence-corrected chi connectivity index (χ2v) is 21.1. The van der Waals surface area contributed by atoms with Crippen molar-refractivity contribution in [2.45, 2.75) is 115 Å². The first-order valence-corrected chi connectivity index (χ1v) is 23.7. The summed E-state index contributed by atoms with van der Waals surface area (Å²) in [5.74, 6) is -0.480. The largest absolute Gasteiger partial charge is 0.497 e.